The number of hydrogen-bond donors (Lipinski definition) is 1. The van der Waals surface area contributed by atoms with E-state index in [2.05, 4.69) is 0 Å². The van der Waals surface area contributed by atoms with Crippen molar-refractivity contribution in [2.45, 2.75) is 13.5 Å². The molecule has 2 aromatic rings. The lowest BCUT2D eigenvalue weighted by Gasteiger charge is -2.10. The highest BCUT2D eigenvalue weighted by Crippen LogP contribution is 2.21. The van der Waals surface area contributed by atoms with E-state index < -0.39 is 11.8 Å². The lowest BCUT2D eigenvalue weighted by molar-refractivity contribution is 0.0469. The highest BCUT2D eigenvalue weighted by atomic mass is 19.1. The lowest BCUT2D eigenvalue weighted by Crippen LogP contribution is -2.09. The van der Waals surface area contributed by atoms with Crippen molar-refractivity contribution < 1.29 is 18.7 Å². The summed E-state index contributed by atoms with van der Waals surface area (Å²) in [5, 5.41) is 0. The van der Waals surface area contributed by atoms with Crippen molar-refractivity contribution in [2.24, 2.45) is 0 Å². The average Bonchev–Trinajstić information content (AvgIpc) is 2.48. The van der Waals surface area contributed by atoms with Crippen LogP contribution in [0.4, 0.5) is 10.1 Å². The summed E-state index contributed by atoms with van der Waals surface area (Å²) in [4.78, 5) is 12.0. The largest absolute Gasteiger partial charge is 0.494 e. The number of methoxy groups -OCH3 is 1. The molecule has 2 N–H and O–H groups in total. The first-order valence-electron chi connectivity index (χ1n) is 6.37. The van der Waals surface area contributed by atoms with Gasteiger partial charge in [-0.3, -0.25) is 0 Å². The predicted octanol–water partition coefficient (Wildman–Crippen LogP) is 3.08. The van der Waals surface area contributed by atoms with Gasteiger partial charge in [0, 0.05) is 11.3 Å². The minimum atomic E-state index is -0.585. The number of esters is 1. The summed E-state index contributed by atoms with van der Waals surface area (Å²) in [7, 11) is 1.38. The van der Waals surface area contributed by atoms with Gasteiger partial charge >= 0.3 is 5.97 Å². The number of carbonyl (C=O) groups excluding carboxylic acids is 1. The number of benzene rings is 2. The maximum absolute atomic E-state index is 13.9. The van der Waals surface area contributed by atoms with E-state index in [4.69, 9.17) is 15.2 Å². The third-order valence-corrected chi connectivity index (χ3v) is 3.05. The fourth-order valence-corrected chi connectivity index (χ4v) is 1.89. The highest BCUT2D eigenvalue weighted by molar-refractivity contribution is 5.95. The van der Waals surface area contributed by atoms with Crippen molar-refractivity contribution in [3.8, 4) is 5.75 Å². The molecule has 5 heteroatoms. The molecule has 0 bridgehead atoms. The second kappa shape index (κ2) is 6.26. The van der Waals surface area contributed by atoms with Crippen LogP contribution in [0.2, 0.25) is 0 Å². The van der Waals surface area contributed by atoms with Gasteiger partial charge in [-0.1, -0.05) is 23.8 Å². The van der Waals surface area contributed by atoms with Crippen LogP contribution < -0.4 is 10.5 Å². The summed E-state index contributed by atoms with van der Waals surface area (Å²) in [6.45, 7) is 1.66. The summed E-state index contributed by atoms with van der Waals surface area (Å²) in [5.74, 6) is -1.01. The van der Waals surface area contributed by atoms with Crippen molar-refractivity contribution >= 4 is 11.7 Å². The Morgan fingerprint density at radius 3 is 2.76 bits per heavy atom. The quantitative estimate of drug-likeness (QED) is 0.694. The molecule has 0 unspecified atom stereocenters. The van der Waals surface area contributed by atoms with E-state index in [-0.39, 0.29) is 23.5 Å². The van der Waals surface area contributed by atoms with Gasteiger partial charge in [0.15, 0.2) is 11.6 Å². The van der Waals surface area contributed by atoms with E-state index in [1.165, 1.54) is 19.2 Å². The van der Waals surface area contributed by atoms with Crippen LogP contribution in [0.25, 0.3) is 0 Å². The number of anilines is 1. The van der Waals surface area contributed by atoms with E-state index in [9.17, 15) is 9.18 Å². The molecule has 0 saturated heterocycles. The van der Waals surface area contributed by atoms with E-state index in [0.29, 0.717) is 5.69 Å². The Hall–Kier alpha value is -2.56. The van der Waals surface area contributed by atoms with Crippen LogP contribution in [0.3, 0.4) is 0 Å². The van der Waals surface area contributed by atoms with Crippen molar-refractivity contribution in [1.82, 2.24) is 0 Å². The lowest BCUT2D eigenvalue weighted by atomic mass is 10.1. The average molecular weight is 289 g/mol. The van der Waals surface area contributed by atoms with Gasteiger partial charge in [0.05, 0.1) is 12.7 Å². The summed E-state index contributed by atoms with van der Waals surface area (Å²) in [5.41, 5.74) is 7.48. The zero-order valence-corrected chi connectivity index (χ0v) is 11.9. The van der Waals surface area contributed by atoms with Gasteiger partial charge in [-0.15, -0.1) is 0 Å². The molecule has 0 spiro atoms. The first-order valence-corrected chi connectivity index (χ1v) is 6.37. The Bertz CT molecular complexity index is 671. The molecule has 110 valence electrons. The number of nitrogens with two attached hydrogens (primary N) is 1. The van der Waals surface area contributed by atoms with Crippen LogP contribution in [-0.2, 0) is 11.3 Å². The Kier molecular flexibility index (Phi) is 4.42. The van der Waals surface area contributed by atoms with Crippen molar-refractivity contribution in [3.05, 3.63) is 58.9 Å². The number of rotatable bonds is 4. The maximum atomic E-state index is 13.9. The standard InChI is InChI=1S/C16H16FNO3/c1-10-6-7-13(18)12(8-10)16(19)21-9-11-4-3-5-14(20-2)15(11)17/h3-8H,9,18H2,1-2H3. The van der Waals surface area contributed by atoms with Crippen LogP contribution in [0.5, 0.6) is 5.75 Å². The van der Waals surface area contributed by atoms with E-state index in [0.717, 1.165) is 5.56 Å². The number of ether oxygens (including phenoxy) is 2. The van der Waals surface area contributed by atoms with E-state index in [1.807, 2.05) is 6.92 Å². The van der Waals surface area contributed by atoms with Gasteiger partial charge in [-0.05, 0) is 25.1 Å². The van der Waals surface area contributed by atoms with Gasteiger partial charge in [0.25, 0.3) is 0 Å². The Balaban J connectivity index is 2.13. The molecule has 0 heterocycles. The molecule has 0 saturated carbocycles. The molecule has 0 radical (unpaired) electrons. The number of hydrogen-bond acceptors (Lipinski definition) is 4. The van der Waals surface area contributed by atoms with Gasteiger partial charge in [-0.25, -0.2) is 9.18 Å². The number of nitrogen functional groups attached to an aromatic ring is 1. The smallest absolute Gasteiger partial charge is 0.340 e. The van der Waals surface area contributed by atoms with Crippen LogP contribution in [0.1, 0.15) is 21.5 Å². The topological polar surface area (TPSA) is 61.5 Å². The fourth-order valence-electron chi connectivity index (χ4n) is 1.89. The van der Waals surface area contributed by atoms with Crippen molar-refractivity contribution in [1.29, 1.82) is 0 Å². The molecular weight excluding hydrogens is 273 g/mol. The Labute approximate surface area is 122 Å². The summed E-state index contributed by atoms with van der Waals surface area (Å²) in [6.07, 6.45) is 0. The minimum absolute atomic E-state index is 0.110. The molecular formula is C16H16FNO3. The molecule has 0 fully saturated rings. The van der Waals surface area contributed by atoms with Gasteiger partial charge in [0.2, 0.25) is 0 Å². The predicted molar refractivity (Wildman–Crippen MR) is 77.7 cm³/mol. The molecule has 2 rings (SSSR count). The van der Waals surface area contributed by atoms with Gasteiger partial charge in [-0.2, -0.15) is 0 Å². The van der Waals surface area contributed by atoms with Crippen molar-refractivity contribution in [3.63, 3.8) is 0 Å². The Morgan fingerprint density at radius 1 is 1.29 bits per heavy atom. The number of aryl methyl sites for hydroxylation is 1. The second-order valence-corrected chi connectivity index (χ2v) is 4.60. The monoisotopic (exact) mass is 289 g/mol. The number of halogens is 1. The van der Waals surface area contributed by atoms with E-state index in [1.54, 1.807) is 24.3 Å². The normalized spacial score (nSPS) is 10.2. The fraction of sp³-hybridized carbons (Fsp3) is 0.188. The molecule has 0 aliphatic rings. The molecule has 0 aromatic heterocycles. The molecule has 21 heavy (non-hydrogen) atoms. The second-order valence-electron chi connectivity index (χ2n) is 4.60. The van der Waals surface area contributed by atoms with Crippen LogP contribution in [-0.4, -0.2) is 13.1 Å². The minimum Gasteiger partial charge on any atom is -0.494 e. The SMILES string of the molecule is COc1cccc(COC(=O)c2cc(C)ccc2N)c1F. The van der Waals surface area contributed by atoms with Crippen LogP contribution in [0, 0.1) is 12.7 Å². The Morgan fingerprint density at radius 2 is 2.05 bits per heavy atom. The zero-order chi connectivity index (χ0) is 15.4. The number of carbonyl (C=O) groups is 1. The van der Waals surface area contributed by atoms with Crippen molar-refractivity contribution in [2.75, 3.05) is 12.8 Å². The molecule has 2 aromatic carbocycles. The highest BCUT2D eigenvalue weighted by Gasteiger charge is 2.14. The first kappa shape index (κ1) is 14.8. The van der Waals surface area contributed by atoms with Gasteiger partial charge in [0.1, 0.15) is 6.61 Å². The molecule has 4 nitrogen and oxygen atoms in total. The zero-order valence-electron chi connectivity index (χ0n) is 11.9. The summed E-state index contributed by atoms with van der Waals surface area (Å²) in [6, 6.07) is 9.74. The van der Waals surface area contributed by atoms with Gasteiger partial charge < -0.3 is 15.2 Å². The maximum Gasteiger partial charge on any atom is 0.340 e. The molecule has 0 aliphatic carbocycles. The first-order chi connectivity index (χ1) is 10.0. The van der Waals surface area contributed by atoms with Crippen LogP contribution in [0.15, 0.2) is 36.4 Å². The molecule has 0 aliphatic heterocycles. The molecule has 0 atom stereocenters. The van der Waals surface area contributed by atoms with E-state index >= 15 is 0 Å². The third-order valence-electron chi connectivity index (χ3n) is 3.05. The summed E-state index contributed by atoms with van der Waals surface area (Å²) >= 11 is 0. The third kappa shape index (κ3) is 3.31. The molecule has 0 amide bonds. The van der Waals surface area contributed by atoms with Crippen LogP contribution >= 0.6 is 0 Å². The summed E-state index contributed by atoms with van der Waals surface area (Å²) < 4.78 is 23.9.